The van der Waals surface area contributed by atoms with E-state index in [0.717, 1.165) is 0 Å². The molecule has 182 valence electrons. The second kappa shape index (κ2) is 7.39. The van der Waals surface area contributed by atoms with Crippen LogP contribution in [0, 0.1) is 0 Å². The zero-order valence-electron chi connectivity index (χ0n) is 18.7. The van der Waals surface area contributed by atoms with Crippen molar-refractivity contribution < 1.29 is 40.9 Å². The summed E-state index contributed by atoms with van der Waals surface area (Å²) in [5, 5.41) is 83.0. The number of phenols is 8. The first-order chi connectivity index (χ1) is 17.2. The van der Waals surface area contributed by atoms with Gasteiger partial charge in [0.2, 0.25) is 0 Å². The van der Waals surface area contributed by atoms with Gasteiger partial charge in [0.25, 0.3) is 0 Å². The van der Waals surface area contributed by atoms with E-state index >= 15 is 0 Å². The highest BCUT2D eigenvalue weighted by Crippen LogP contribution is 2.69. The minimum absolute atomic E-state index is 0.157. The number of benzene rings is 4. The van der Waals surface area contributed by atoms with E-state index in [0.29, 0.717) is 33.4 Å². The molecule has 4 aromatic rings. The summed E-state index contributed by atoms with van der Waals surface area (Å²) in [7, 11) is 0. The summed E-state index contributed by atoms with van der Waals surface area (Å²) in [5.74, 6) is -4.00. The number of phenolic OH excluding ortho intramolecular Hbond substituents is 8. The first kappa shape index (κ1) is 21.8. The molecule has 0 unspecified atom stereocenters. The van der Waals surface area contributed by atoms with Gasteiger partial charge in [-0.2, -0.15) is 0 Å². The van der Waals surface area contributed by atoms with Crippen molar-refractivity contribution in [1.82, 2.24) is 0 Å². The molecule has 8 N–H and O–H groups in total. The van der Waals surface area contributed by atoms with Gasteiger partial charge in [-0.15, -0.1) is 0 Å². The number of fused-ring (bicyclic) bond motifs is 5. The lowest BCUT2D eigenvalue weighted by molar-refractivity contribution is 0.401. The van der Waals surface area contributed by atoms with Gasteiger partial charge in [-0.05, 0) is 58.7 Å². The Bertz CT molecular complexity index is 1440. The molecule has 0 heterocycles. The number of aromatic hydroxyl groups is 8. The highest BCUT2D eigenvalue weighted by molar-refractivity contribution is 5.68. The third kappa shape index (κ3) is 2.94. The Kier molecular flexibility index (Phi) is 4.47. The molecule has 0 radical (unpaired) electrons. The second-order valence-corrected chi connectivity index (χ2v) is 9.44. The molecule has 36 heavy (non-hydrogen) atoms. The SMILES string of the molecule is Oc1cc(O)c2c(c1)[C@H]1[C@H](c3ccc(O)c(O)c3)c3c(O)cc(O)cc3[C@H]1[C@@H]2c1ccc(O)c(O)c1. The van der Waals surface area contributed by atoms with Crippen LogP contribution in [0.15, 0.2) is 60.7 Å². The van der Waals surface area contributed by atoms with E-state index in [1.807, 2.05) is 0 Å². The van der Waals surface area contributed by atoms with Crippen LogP contribution in [0.1, 0.15) is 57.1 Å². The predicted octanol–water partition coefficient (Wildman–Crippen LogP) is 4.49. The van der Waals surface area contributed by atoms with Gasteiger partial charge >= 0.3 is 0 Å². The average molecular weight is 486 g/mol. The fraction of sp³-hybridized carbons (Fsp3) is 0.143. The first-order valence-electron chi connectivity index (χ1n) is 11.3. The van der Waals surface area contributed by atoms with Crippen LogP contribution in [-0.4, -0.2) is 40.9 Å². The summed E-state index contributed by atoms with van der Waals surface area (Å²) in [5.41, 5.74) is 3.36. The fourth-order valence-corrected chi connectivity index (χ4v) is 6.25. The van der Waals surface area contributed by atoms with Crippen LogP contribution in [0.3, 0.4) is 0 Å². The zero-order valence-corrected chi connectivity index (χ0v) is 18.7. The van der Waals surface area contributed by atoms with Crippen LogP contribution in [-0.2, 0) is 0 Å². The van der Waals surface area contributed by atoms with E-state index in [1.165, 1.54) is 36.4 Å². The molecule has 0 saturated heterocycles. The second-order valence-electron chi connectivity index (χ2n) is 9.44. The topological polar surface area (TPSA) is 162 Å². The molecule has 0 bridgehead atoms. The van der Waals surface area contributed by atoms with Crippen LogP contribution >= 0.6 is 0 Å². The average Bonchev–Trinajstić information content (AvgIpc) is 3.31. The monoisotopic (exact) mass is 486 g/mol. The maximum Gasteiger partial charge on any atom is 0.157 e. The van der Waals surface area contributed by atoms with Gasteiger partial charge in [0, 0.05) is 46.9 Å². The van der Waals surface area contributed by atoms with E-state index in [9.17, 15) is 40.9 Å². The minimum atomic E-state index is -0.576. The van der Waals surface area contributed by atoms with Crippen molar-refractivity contribution in [3.8, 4) is 46.0 Å². The van der Waals surface area contributed by atoms with Crippen LogP contribution in [0.4, 0.5) is 0 Å². The minimum Gasteiger partial charge on any atom is -0.508 e. The molecule has 6 rings (SSSR count). The van der Waals surface area contributed by atoms with Gasteiger partial charge < -0.3 is 40.9 Å². The van der Waals surface area contributed by atoms with Crippen molar-refractivity contribution in [3.63, 3.8) is 0 Å². The van der Waals surface area contributed by atoms with Crippen LogP contribution in [0.2, 0.25) is 0 Å². The van der Waals surface area contributed by atoms with Crippen LogP contribution in [0.25, 0.3) is 0 Å². The van der Waals surface area contributed by atoms with Crippen molar-refractivity contribution in [2.45, 2.75) is 23.7 Å². The molecule has 4 atom stereocenters. The molecule has 4 aromatic carbocycles. The van der Waals surface area contributed by atoms with Crippen LogP contribution in [0.5, 0.6) is 46.0 Å². The molecular formula is C28H22O8. The summed E-state index contributed by atoms with van der Waals surface area (Å²) in [6, 6.07) is 14.3. The maximum atomic E-state index is 11.0. The Morgan fingerprint density at radius 3 is 1.14 bits per heavy atom. The lowest BCUT2D eigenvalue weighted by Gasteiger charge is -2.23. The van der Waals surface area contributed by atoms with E-state index in [4.69, 9.17) is 0 Å². The third-order valence-corrected chi connectivity index (χ3v) is 7.51. The molecule has 0 saturated carbocycles. The normalized spacial score (nSPS) is 21.7. The molecular weight excluding hydrogens is 464 g/mol. The standard InChI is InChI=1S/C28H22O8/c29-13-7-15-25(21(35)9-13)23(11-1-3-17(31)19(33)5-11)27-16-8-14(30)10-22(36)26(16)24(28(15)27)12-2-4-18(32)20(34)6-12/h1-10,23-24,27-36H/t23-,24-,27+,28+/m1/s1. The Labute approximate surface area is 204 Å². The van der Waals surface area contributed by atoms with E-state index in [1.54, 1.807) is 24.3 Å². The molecule has 0 aliphatic heterocycles. The predicted molar refractivity (Wildman–Crippen MR) is 128 cm³/mol. The molecule has 0 fully saturated rings. The van der Waals surface area contributed by atoms with Crippen LogP contribution < -0.4 is 0 Å². The molecule has 0 amide bonds. The lowest BCUT2D eigenvalue weighted by atomic mass is 9.79. The van der Waals surface area contributed by atoms with Gasteiger partial charge in [-0.3, -0.25) is 0 Å². The molecule has 8 nitrogen and oxygen atoms in total. The Balaban J connectivity index is 1.68. The number of hydrogen-bond acceptors (Lipinski definition) is 8. The van der Waals surface area contributed by atoms with Crippen molar-refractivity contribution in [2.24, 2.45) is 0 Å². The molecule has 0 spiro atoms. The highest BCUT2D eigenvalue weighted by Gasteiger charge is 2.54. The van der Waals surface area contributed by atoms with E-state index < -0.39 is 23.7 Å². The Morgan fingerprint density at radius 2 is 0.778 bits per heavy atom. The lowest BCUT2D eigenvalue weighted by Crippen LogP contribution is -2.10. The summed E-state index contributed by atoms with van der Waals surface area (Å²) >= 11 is 0. The fourth-order valence-electron chi connectivity index (χ4n) is 6.25. The van der Waals surface area contributed by atoms with Gasteiger partial charge in [0.05, 0.1) is 0 Å². The van der Waals surface area contributed by atoms with Gasteiger partial charge in [0.1, 0.15) is 23.0 Å². The molecule has 8 heteroatoms. The van der Waals surface area contributed by atoms with Gasteiger partial charge in [-0.1, -0.05) is 12.1 Å². The Hall–Kier alpha value is -4.72. The third-order valence-electron chi connectivity index (χ3n) is 7.51. The van der Waals surface area contributed by atoms with Gasteiger partial charge in [-0.25, -0.2) is 0 Å². The van der Waals surface area contributed by atoms with E-state index in [-0.39, 0.29) is 46.0 Å². The molecule has 2 aliphatic rings. The van der Waals surface area contributed by atoms with Gasteiger partial charge in [0.15, 0.2) is 23.0 Å². The van der Waals surface area contributed by atoms with Crippen molar-refractivity contribution in [1.29, 1.82) is 0 Å². The highest BCUT2D eigenvalue weighted by atomic mass is 16.3. The molecule has 0 aromatic heterocycles. The van der Waals surface area contributed by atoms with Crippen molar-refractivity contribution in [2.75, 3.05) is 0 Å². The largest absolute Gasteiger partial charge is 0.508 e. The summed E-state index contributed by atoms with van der Waals surface area (Å²) < 4.78 is 0. The maximum absolute atomic E-state index is 11.0. The summed E-state index contributed by atoms with van der Waals surface area (Å²) in [6.45, 7) is 0. The molecule has 2 aliphatic carbocycles. The number of hydrogen-bond donors (Lipinski definition) is 8. The van der Waals surface area contributed by atoms with E-state index in [2.05, 4.69) is 0 Å². The quantitative estimate of drug-likeness (QED) is 0.192. The zero-order chi connectivity index (χ0) is 25.5. The number of rotatable bonds is 2. The summed E-state index contributed by atoms with van der Waals surface area (Å²) in [6.07, 6.45) is 0. The first-order valence-corrected chi connectivity index (χ1v) is 11.3. The Morgan fingerprint density at radius 1 is 0.389 bits per heavy atom. The van der Waals surface area contributed by atoms with Crippen molar-refractivity contribution in [3.05, 3.63) is 94.0 Å². The smallest absolute Gasteiger partial charge is 0.157 e. The summed E-state index contributed by atoms with van der Waals surface area (Å²) in [4.78, 5) is 0. The van der Waals surface area contributed by atoms with Crippen molar-refractivity contribution >= 4 is 0 Å².